The van der Waals surface area contributed by atoms with Crippen LogP contribution in [0.2, 0.25) is 0 Å². The number of rotatable bonds is 4. The molecule has 0 bridgehead atoms. The molecule has 98 valence electrons. The third kappa shape index (κ3) is 2.56. The maximum absolute atomic E-state index is 11.8. The van der Waals surface area contributed by atoms with Crippen LogP contribution in [0.15, 0.2) is 24.3 Å². The summed E-state index contributed by atoms with van der Waals surface area (Å²) in [5.41, 5.74) is 2.52. The topological polar surface area (TPSA) is 29.5 Å². The third-order valence-electron chi connectivity index (χ3n) is 3.68. The highest BCUT2D eigenvalue weighted by Crippen LogP contribution is 2.30. The maximum Gasteiger partial charge on any atom is 0.323 e. The summed E-state index contributed by atoms with van der Waals surface area (Å²) in [6, 6.07) is 8.73. The highest BCUT2D eigenvalue weighted by molar-refractivity contribution is 5.76. The van der Waals surface area contributed by atoms with Gasteiger partial charge in [0.15, 0.2) is 0 Å². The van der Waals surface area contributed by atoms with E-state index in [9.17, 15) is 4.79 Å². The van der Waals surface area contributed by atoms with Crippen LogP contribution in [0.25, 0.3) is 0 Å². The second kappa shape index (κ2) is 5.53. The van der Waals surface area contributed by atoms with Gasteiger partial charge in [0.1, 0.15) is 6.04 Å². The normalized spacial score (nSPS) is 21.2. The first kappa shape index (κ1) is 13.1. The zero-order chi connectivity index (χ0) is 13.1. The van der Waals surface area contributed by atoms with Gasteiger partial charge >= 0.3 is 5.97 Å². The van der Waals surface area contributed by atoms with Gasteiger partial charge in [0.25, 0.3) is 0 Å². The number of aryl methyl sites for hydroxylation is 1. The third-order valence-corrected chi connectivity index (χ3v) is 3.68. The molecule has 1 aliphatic rings. The number of likely N-dealkylation sites (tertiary alicyclic amines) is 1. The SMILES string of the molecule is CCOC(=O)C1CCN1C(C)c1ccc(C)cc1. The van der Waals surface area contributed by atoms with E-state index in [1.54, 1.807) is 0 Å². The number of hydrogen-bond acceptors (Lipinski definition) is 3. The first-order chi connectivity index (χ1) is 8.63. The van der Waals surface area contributed by atoms with Crippen LogP contribution in [-0.2, 0) is 9.53 Å². The van der Waals surface area contributed by atoms with Crippen molar-refractivity contribution in [3.63, 3.8) is 0 Å². The lowest BCUT2D eigenvalue weighted by Crippen LogP contribution is -2.53. The number of nitrogens with zero attached hydrogens (tertiary/aromatic N) is 1. The van der Waals surface area contributed by atoms with Crippen molar-refractivity contribution in [2.45, 2.75) is 39.3 Å². The van der Waals surface area contributed by atoms with E-state index >= 15 is 0 Å². The first-order valence-corrected chi connectivity index (χ1v) is 6.62. The predicted octanol–water partition coefficient (Wildman–Crippen LogP) is 2.69. The van der Waals surface area contributed by atoms with Gasteiger partial charge < -0.3 is 4.74 Å². The summed E-state index contributed by atoms with van der Waals surface area (Å²) < 4.78 is 5.10. The van der Waals surface area contributed by atoms with Gasteiger partial charge in [-0.3, -0.25) is 9.69 Å². The molecule has 0 spiro atoms. The Bertz CT molecular complexity index is 413. The average Bonchev–Trinajstić information content (AvgIpc) is 2.28. The quantitative estimate of drug-likeness (QED) is 0.766. The lowest BCUT2D eigenvalue weighted by molar-refractivity contribution is -0.156. The Kier molecular flexibility index (Phi) is 4.02. The molecule has 3 heteroatoms. The van der Waals surface area contributed by atoms with Gasteiger partial charge in [0.2, 0.25) is 0 Å². The largest absolute Gasteiger partial charge is 0.465 e. The van der Waals surface area contributed by atoms with Gasteiger partial charge in [0.05, 0.1) is 6.61 Å². The Hall–Kier alpha value is -1.35. The fraction of sp³-hybridized carbons (Fsp3) is 0.533. The van der Waals surface area contributed by atoms with Gasteiger partial charge in [-0.1, -0.05) is 29.8 Å². The monoisotopic (exact) mass is 247 g/mol. The minimum Gasteiger partial charge on any atom is -0.465 e. The average molecular weight is 247 g/mol. The molecule has 0 aromatic heterocycles. The molecule has 1 aliphatic heterocycles. The molecule has 3 nitrogen and oxygen atoms in total. The van der Waals surface area contributed by atoms with Crippen molar-refractivity contribution >= 4 is 5.97 Å². The lowest BCUT2D eigenvalue weighted by atomic mass is 9.96. The highest BCUT2D eigenvalue weighted by atomic mass is 16.5. The number of hydrogen-bond donors (Lipinski definition) is 0. The zero-order valence-corrected chi connectivity index (χ0v) is 11.3. The Balaban J connectivity index is 2.03. The summed E-state index contributed by atoms with van der Waals surface area (Å²) in [6.07, 6.45) is 0.912. The van der Waals surface area contributed by atoms with Gasteiger partial charge in [-0.25, -0.2) is 0 Å². The van der Waals surface area contributed by atoms with Gasteiger partial charge in [-0.05, 0) is 32.8 Å². The molecular formula is C15H21NO2. The van der Waals surface area contributed by atoms with Crippen LogP contribution in [-0.4, -0.2) is 30.1 Å². The smallest absolute Gasteiger partial charge is 0.323 e. The molecule has 1 saturated heterocycles. The van der Waals surface area contributed by atoms with E-state index in [1.165, 1.54) is 11.1 Å². The molecular weight excluding hydrogens is 226 g/mol. The summed E-state index contributed by atoms with van der Waals surface area (Å²) in [7, 11) is 0. The standard InChI is InChI=1S/C15H21NO2/c1-4-18-15(17)14-9-10-16(14)12(3)13-7-5-11(2)6-8-13/h5-8,12,14H,4,9-10H2,1-3H3. The van der Waals surface area contributed by atoms with Crippen molar-refractivity contribution in [1.29, 1.82) is 0 Å². The molecule has 1 aromatic carbocycles. The molecule has 2 atom stereocenters. The lowest BCUT2D eigenvalue weighted by Gasteiger charge is -2.43. The fourth-order valence-electron chi connectivity index (χ4n) is 2.40. The van der Waals surface area contributed by atoms with Crippen LogP contribution in [0.1, 0.15) is 37.4 Å². The van der Waals surface area contributed by atoms with Crippen LogP contribution < -0.4 is 0 Å². The minimum absolute atomic E-state index is 0.0544. The number of benzene rings is 1. The van der Waals surface area contributed by atoms with Crippen molar-refractivity contribution in [2.75, 3.05) is 13.2 Å². The summed E-state index contributed by atoms with van der Waals surface area (Å²) in [5.74, 6) is -0.0808. The zero-order valence-electron chi connectivity index (χ0n) is 11.3. The predicted molar refractivity (Wildman–Crippen MR) is 71.3 cm³/mol. The van der Waals surface area contributed by atoms with E-state index in [0.29, 0.717) is 6.61 Å². The van der Waals surface area contributed by atoms with Crippen molar-refractivity contribution < 1.29 is 9.53 Å². The Morgan fingerprint density at radius 2 is 2.11 bits per heavy atom. The van der Waals surface area contributed by atoms with E-state index < -0.39 is 0 Å². The van der Waals surface area contributed by atoms with Crippen molar-refractivity contribution in [2.24, 2.45) is 0 Å². The van der Waals surface area contributed by atoms with E-state index in [2.05, 4.69) is 43.0 Å². The first-order valence-electron chi connectivity index (χ1n) is 6.62. The van der Waals surface area contributed by atoms with Crippen LogP contribution in [0.3, 0.4) is 0 Å². The Labute approximate surface area is 109 Å². The second-order valence-electron chi connectivity index (χ2n) is 4.88. The molecule has 0 radical (unpaired) electrons. The number of carbonyl (C=O) groups excluding carboxylic acids is 1. The molecule has 0 amide bonds. The van der Waals surface area contributed by atoms with Crippen LogP contribution in [0, 0.1) is 6.92 Å². The van der Waals surface area contributed by atoms with Crippen LogP contribution in [0.5, 0.6) is 0 Å². The van der Waals surface area contributed by atoms with Crippen LogP contribution >= 0.6 is 0 Å². The van der Waals surface area contributed by atoms with E-state index in [4.69, 9.17) is 4.74 Å². The van der Waals surface area contributed by atoms with E-state index in [0.717, 1.165) is 13.0 Å². The van der Waals surface area contributed by atoms with Crippen molar-refractivity contribution in [3.05, 3.63) is 35.4 Å². The summed E-state index contributed by atoms with van der Waals surface area (Å²) in [5, 5.41) is 0. The van der Waals surface area contributed by atoms with Gasteiger partial charge in [-0.2, -0.15) is 0 Å². The molecule has 1 aromatic rings. The summed E-state index contributed by atoms with van der Waals surface area (Å²) >= 11 is 0. The maximum atomic E-state index is 11.8. The molecule has 0 N–H and O–H groups in total. The van der Waals surface area contributed by atoms with Crippen molar-refractivity contribution in [1.82, 2.24) is 4.90 Å². The highest BCUT2D eigenvalue weighted by Gasteiger charge is 2.38. The number of carbonyl (C=O) groups is 1. The molecule has 1 heterocycles. The summed E-state index contributed by atoms with van der Waals surface area (Å²) in [4.78, 5) is 14.0. The number of esters is 1. The van der Waals surface area contributed by atoms with Crippen molar-refractivity contribution in [3.8, 4) is 0 Å². The fourth-order valence-corrected chi connectivity index (χ4v) is 2.40. The summed E-state index contributed by atoms with van der Waals surface area (Å²) in [6.45, 7) is 7.51. The van der Waals surface area contributed by atoms with Gasteiger partial charge in [0, 0.05) is 12.6 Å². The van der Waals surface area contributed by atoms with E-state index in [1.807, 2.05) is 6.92 Å². The molecule has 0 saturated carbocycles. The minimum atomic E-state index is -0.0808. The van der Waals surface area contributed by atoms with E-state index in [-0.39, 0.29) is 18.1 Å². The molecule has 0 aliphatic carbocycles. The Morgan fingerprint density at radius 3 is 2.61 bits per heavy atom. The molecule has 2 rings (SSSR count). The molecule has 2 unspecified atom stereocenters. The number of ether oxygens (including phenoxy) is 1. The van der Waals surface area contributed by atoms with Crippen LogP contribution in [0.4, 0.5) is 0 Å². The second-order valence-corrected chi connectivity index (χ2v) is 4.88. The van der Waals surface area contributed by atoms with Gasteiger partial charge in [-0.15, -0.1) is 0 Å². The molecule has 1 fully saturated rings. The Morgan fingerprint density at radius 1 is 1.44 bits per heavy atom. The molecule has 18 heavy (non-hydrogen) atoms.